The molecule has 13 rings (SSSR count). The van der Waals surface area contributed by atoms with Gasteiger partial charge in [-0.25, -0.2) is 4.99 Å². The molecule has 0 fully saturated rings. The van der Waals surface area contributed by atoms with Crippen LogP contribution in [0.1, 0.15) is 17.3 Å². The average molecular weight is 767 g/mol. The van der Waals surface area contributed by atoms with Crippen molar-refractivity contribution in [2.45, 2.75) is 6.17 Å². The van der Waals surface area contributed by atoms with Gasteiger partial charge in [0.15, 0.2) is 0 Å². The van der Waals surface area contributed by atoms with Crippen LogP contribution in [0.3, 0.4) is 0 Å². The van der Waals surface area contributed by atoms with Gasteiger partial charge in [0.25, 0.3) is 0 Å². The van der Waals surface area contributed by atoms with Crippen LogP contribution >= 0.6 is 0 Å². The first-order chi connectivity index (χ1) is 29.8. The van der Waals surface area contributed by atoms with E-state index >= 15 is 0 Å². The topological polar surface area (TPSA) is 54.8 Å². The smallest absolute Gasteiger partial charge is 0.234 e. The first kappa shape index (κ1) is 33.0. The van der Waals surface area contributed by atoms with Gasteiger partial charge in [-0.15, -0.1) is 0 Å². The van der Waals surface area contributed by atoms with E-state index < -0.39 is 6.17 Å². The Balaban J connectivity index is 1.04. The lowest BCUT2D eigenvalue weighted by molar-refractivity contribution is 0.652. The van der Waals surface area contributed by atoms with Crippen LogP contribution in [0, 0.1) is 0 Å². The Bertz CT molecular complexity index is 3500. The van der Waals surface area contributed by atoms with Crippen LogP contribution in [0.5, 0.6) is 0 Å². The maximum absolute atomic E-state index is 6.40. The number of nitrogens with one attached hydrogen (secondary N) is 1. The number of amidine groups is 1. The van der Waals surface area contributed by atoms with Gasteiger partial charge >= 0.3 is 0 Å². The molecule has 1 atom stereocenters. The lowest BCUT2D eigenvalue weighted by Gasteiger charge is -2.25. The number of aromatic nitrogens is 1. The lowest BCUT2D eigenvalue weighted by atomic mass is 9.88. The summed E-state index contributed by atoms with van der Waals surface area (Å²) in [6.07, 6.45) is -0.445. The third kappa shape index (κ3) is 4.80. The molecule has 60 heavy (non-hydrogen) atoms. The number of para-hydroxylation sites is 3. The van der Waals surface area contributed by atoms with Gasteiger partial charge in [0.05, 0.1) is 11.0 Å². The highest BCUT2D eigenvalue weighted by molar-refractivity contribution is 6.26. The monoisotopic (exact) mass is 766 g/mol. The van der Waals surface area contributed by atoms with Crippen molar-refractivity contribution in [2.75, 3.05) is 0 Å². The van der Waals surface area contributed by atoms with E-state index in [9.17, 15) is 0 Å². The molecule has 280 valence electrons. The molecule has 0 saturated heterocycles. The quantitative estimate of drug-likeness (QED) is 0.194. The minimum absolute atomic E-state index is 0.445. The van der Waals surface area contributed by atoms with E-state index in [4.69, 9.17) is 14.4 Å². The number of benzene rings is 9. The normalized spacial score (nSPS) is 14.5. The molecule has 0 bridgehead atoms. The van der Waals surface area contributed by atoms with Gasteiger partial charge < -0.3 is 9.73 Å². The summed E-state index contributed by atoms with van der Waals surface area (Å²) in [6, 6.07) is 69.1. The predicted octanol–water partition coefficient (Wildman–Crippen LogP) is 13.8. The summed E-state index contributed by atoms with van der Waals surface area (Å²) in [5, 5.41) is 10.7. The minimum Gasteiger partial charge on any atom is -0.456 e. The molecule has 11 aromatic rings. The Hall–Kier alpha value is -8.02. The summed E-state index contributed by atoms with van der Waals surface area (Å²) >= 11 is 0. The second kappa shape index (κ2) is 12.7. The van der Waals surface area contributed by atoms with Crippen LogP contribution < -0.4 is 5.32 Å². The maximum Gasteiger partial charge on any atom is 0.234 e. The Morgan fingerprint density at radius 1 is 0.433 bits per heavy atom. The molecule has 2 aliphatic rings. The molecule has 1 aliphatic heterocycles. The van der Waals surface area contributed by atoms with Crippen LogP contribution in [-0.4, -0.2) is 16.4 Å². The van der Waals surface area contributed by atoms with E-state index in [1.165, 1.54) is 49.9 Å². The minimum atomic E-state index is -0.445. The molecular formula is C55H34N4O. The fraction of sp³-hybridized carbons (Fsp3) is 0.0182. The van der Waals surface area contributed by atoms with Crippen LogP contribution in [-0.2, 0) is 0 Å². The molecule has 5 heteroatoms. The first-order valence-electron chi connectivity index (χ1n) is 20.4. The zero-order valence-corrected chi connectivity index (χ0v) is 32.3. The molecule has 0 radical (unpaired) electrons. The van der Waals surface area contributed by atoms with Crippen LogP contribution in [0.4, 0.5) is 0 Å². The summed E-state index contributed by atoms with van der Waals surface area (Å²) in [6.45, 7) is 0. The van der Waals surface area contributed by atoms with Crippen LogP contribution in [0.25, 0.3) is 99.0 Å². The number of fused-ring (bicyclic) bond motifs is 9. The van der Waals surface area contributed by atoms with E-state index in [0.29, 0.717) is 5.96 Å². The molecule has 1 aliphatic carbocycles. The largest absolute Gasteiger partial charge is 0.456 e. The highest BCUT2D eigenvalue weighted by atomic mass is 16.3. The van der Waals surface area contributed by atoms with Crippen molar-refractivity contribution in [1.82, 2.24) is 9.88 Å². The summed E-state index contributed by atoms with van der Waals surface area (Å²) in [5.74, 6) is 1.39. The molecule has 0 amide bonds. The van der Waals surface area contributed by atoms with Crippen molar-refractivity contribution < 1.29 is 4.42 Å². The SMILES string of the molecule is c1ccc(-c2ccc(-c3ccccc3)c3c2-c2cccc4c(C5=NC(n6c7ccccc7c7ccccc76)=NC(c6ccc7c(c6)oc6ccccc67)N5)ccc-3c24)cc1. The van der Waals surface area contributed by atoms with Gasteiger partial charge in [-0.1, -0.05) is 170 Å². The van der Waals surface area contributed by atoms with Crippen LogP contribution in [0.15, 0.2) is 209 Å². The van der Waals surface area contributed by atoms with Gasteiger partial charge in [0, 0.05) is 32.7 Å². The number of nitrogens with zero attached hydrogens (tertiary/aromatic N) is 3. The number of furan rings is 1. The van der Waals surface area contributed by atoms with E-state index in [1.54, 1.807) is 0 Å². The number of aliphatic imine (C=N–C) groups is 2. The van der Waals surface area contributed by atoms with E-state index in [2.05, 4.69) is 192 Å². The molecular weight excluding hydrogens is 733 g/mol. The van der Waals surface area contributed by atoms with Gasteiger partial charge in [0.2, 0.25) is 5.96 Å². The summed E-state index contributed by atoms with van der Waals surface area (Å²) in [5.41, 5.74) is 15.7. The Morgan fingerprint density at radius 2 is 0.983 bits per heavy atom. The predicted molar refractivity (Wildman–Crippen MR) is 248 cm³/mol. The van der Waals surface area contributed by atoms with Crippen molar-refractivity contribution in [2.24, 2.45) is 9.98 Å². The van der Waals surface area contributed by atoms with E-state index in [0.717, 1.165) is 66.1 Å². The fourth-order valence-electron chi connectivity index (χ4n) is 9.80. The maximum atomic E-state index is 6.40. The van der Waals surface area contributed by atoms with Crippen molar-refractivity contribution in [1.29, 1.82) is 0 Å². The molecule has 2 aromatic heterocycles. The Morgan fingerprint density at radius 3 is 1.68 bits per heavy atom. The Labute approximate surface area is 345 Å². The zero-order valence-electron chi connectivity index (χ0n) is 32.3. The molecule has 1 unspecified atom stereocenters. The number of hydrogen-bond acceptors (Lipinski definition) is 4. The van der Waals surface area contributed by atoms with Gasteiger partial charge in [-0.3, -0.25) is 4.57 Å². The van der Waals surface area contributed by atoms with Gasteiger partial charge in [-0.05, 0) is 79.5 Å². The molecule has 9 aromatic carbocycles. The van der Waals surface area contributed by atoms with E-state index in [1.807, 2.05) is 12.1 Å². The molecule has 1 N–H and O–H groups in total. The lowest BCUT2D eigenvalue weighted by Crippen LogP contribution is -2.35. The number of hydrogen-bond donors (Lipinski definition) is 1. The second-order valence-corrected chi connectivity index (χ2v) is 15.7. The van der Waals surface area contributed by atoms with Crippen molar-refractivity contribution >= 4 is 66.3 Å². The summed E-state index contributed by atoms with van der Waals surface area (Å²) in [7, 11) is 0. The number of rotatable bonds is 4. The molecule has 3 heterocycles. The Kier molecular flexibility index (Phi) is 7.01. The highest BCUT2D eigenvalue weighted by Gasteiger charge is 2.31. The van der Waals surface area contributed by atoms with Crippen molar-refractivity contribution in [3.05, 3.63) is 205 Å². The standard InChI is InChI=1S/C55H34N4O/c1-3-14-33(15-4-1)36-28-29-37(34-16-5-2-6-17-34)52-45-31-30-43(42-21-13-22-44(50(42)45)51(36)52)54-56-53(35-26-27-41-40-20-9-12-25-48(40)60-49(41)32-35)57-55(58-54)59-46-23-10-7-18-38(46)39-19-8-11-24-47(39)59/h1-32,53H,(H,56,57,58). The van der Waals surface area contributed by atoms with Crippen molar-refractivity contribution in [3.8, 4) is 44.5 Å². The highest BCUT2D eigenvalue weighted by Crippen LogP contribution is 2.55. The molecule has 0 spiro atoms. The molecule has 5 nitrogen and oxygen atoms in total. The zero-order chi connectivity index (χ0) is 39.3. The summed E-state index contributed by atoms with van der Waals surface area (Å²) < 4.78 is 8.62. The van der Waals surface area contributed by atoms with Gasteiger partial charge in [0.1, 0.15) is 23.2 Å². The average Bonchev–Trinajstić information content (AvgIpc) is 3.98. The van der Waals surface area contributed by atoms with Crippen LogP contribution in [0.2, 0.25) is 0 Å². The molecule has 0 saturated carbocycles. The van der Waals surface area contributed by atoms with Gasteiger partial charge in [-0.2, -0.15) is 4.99 Å². The fourth-order valence-corrected chi connectivity index (χ4v) is 9.80. The summed E-state index contributed by atoms with van der Waals surface area (Å²) in [4.78, 5) is 10.9. The van der Waals surface area contributed by atoms with E-state index in [-0.39, 0.29) is 0 Å². The third-order valence-corrected chi connectivity index (χ3v) is 12.4. The first-order valence-corrected chi connectivity index (χ1v) is 20.4. The third-order valence-electron chi connectivity index (χ3n) is 12.4. The second-order valence-electron chi connectivity index (χ2n) is 15.7. The van der Waals surface area contributed by atoms with Crippen molar-refractivity contribution in [3.63, 3.8) is 0 Å².